The summed E-state index contributed by atoms with van der Waals surface area (Å²) in [7, 11) is 0. The van der Waals surface area contributed by atoms with Crippen LogP contribution in [0.25, 0.3) is 0 Å². The largest absolute Gasteiger partial charge is 0.416 e. The minimum Gasteiger partial charge on any atom is -0.410 e. The monoisotopic (exact) mass is 952 g/mol. The molecule has 2 aliphatic heterocycles. The van der Waals surface area contributed by atoms with E-state index in [4.69, 9.17) is 9.47 Å². The van der Waals surface area contributed by atoms with Crippen molar-refractivity contribution in [1.29, 1.82) is 0 Å². The summed E-state index contributed by atoms with van der Waals surface area (Å²) in [5.41, 5.74) is 4.51. The van der Waals surface area contributed by atoms with Gasteiger partial charge in [0.15, 0.2) is 0 Å². The molecule has 0 spiro atoms. The molecule has 4 aromatic carbocycles. The lowest BCUT2D eigenvalue weighted by molar-refractivity contribution is -0.138. The van der Waals surface area contributed by atoms with Gasteiger partial charge in [-0.15, -0.1) is 0 Å². The Kier molecular flexibility index (Phi) is 17.4. The molecule has 10 nitrogen and oxygen atoms in total. The topological polar surface area (TPSA) is 91.3 Å². The Labute approximate surface area is 398 Å². The molecule has 2 aromatic heterocycles. The number of carbonyl (C=O) groups excluding carboxylic acids is 2. The van der Waals surface area contributed by atoms with Gasteiger partial charge in [-0.3, -0.25) is 19.8 Å². The number of rotatable bonds is 13. The molecular formula is C53H54F6N6O4. The zero-order valence-corrected chi connectivity index (χ0v) is 38.0. The fraction of sp³-hybridized carbons (Fsp3) is 0.321. The molecule has 0 unspecified atom stereocenters. The molecular weight excluding hydrogens is 899 g/mol. The molecule has 2 fully saturated rings. The molecule has 0 aliphatic carbocycles. The Morgan fingerprint density at radius 3 is 1.17 bits per heavy atom. The van der Waals surface area contributed by atoms with Crippen molar-refractivity contribution in [2.75, 3.05) is 65.4 Å². The van der Waals surface area contributed by atoms with Crippen molar-refractivity contribution in [3.8, 4) is 11.5 Å². The molecule has 6 aromatic rings. The number of halogens is 6. The number of hydrogen-bond donors (Lipinski definition) is 0. The fourth-order valence-electron chi connectivity index (χ4n) is 7.97. The summed E-state index contributed by atoms with van der Waals surface area (Å²) in [5, 5.41) is 0. The maximum Gasteiger partial charge on any atom is 0.416 e. The maximum atomic E-state index is 12.7. The third-order valence-corrected chi connectivity index (χ3v) is 12.0. The highest BCUT2D eigenvalue weighted by atomic mass is 19.4. The Bertz CT molecular complexity index is 2500. The van der Waals surface area contributed by atoms with Crippen LogP contribution in [-0.2, 0) is 38.0 Å². The average molecular weight is 953 g/mol. The number of benzene rings is 4. The van der Waals surface area contributed by atoms with Gasteiger partial charge in [0.05, 0.1) is 11.1 Å². The molecule has 2 saturated heterocycles. The standard InChI is InChI=1S/C27H28F3N3O2.C26H26F3N3O2/c28-27(29,30)24-9-5-21(6-10-24)19-22-7-11-25(12-8-22)35-26(34)33-17-15-32(16-18-33)14-2-4-23-3-1-13-31-20-23;27-26(28,29)23-7-3-20(4-8-23)18-21-5-9-24(10-6-21)34-25(33)32-16-14-31(15-17-32)13-11-22-2-1-12-30-19-22/h1,3,5-13,20H,2,4,14-19H2;1-10,12,19H,11,13-18H2. The van der Waals surface area contributed by atoms with E-state index in [1.165, 1.54) is 35.4 Å². The number of aromatic nitrogens is 2. The summed E-state index contributed by atoms with van der Waals surface area (Å²) >= 11 is 0. The van der Waals surface area contributed by atoms with E-state index < -0.39 is 23.5 Å². The smallest absolute Gasteiger partial charge is 0.410 e. The van der Waals surface area contributed by atoms with Gasteiger partial charge >= 0.3 is 24.5 Å². The molecule has 362 valence electrons. The number of hydrogen-bond acceptors (Lipinski definition) is 8. The summed E-state index contributed by atoms with van der Waals surface area (Å²) in [6.07, 6.45) is 1.86. The molecule has 0 bridgehead atoms. The predicted octanol–water partition coefficient (Wildman–Crippen LogP) is 10.5. The molecule has 2 amide bonds. The molecule has 69 heavy (non-hydrogen) atoms. The van der Waals surface area contributed by atoms with Gasteiger partial charge in [-0.2, -0.15) is 26.3 Å². The minimum absolute atomic E-state index is 0.365. The molecule has 2 aliphatic rings. The van der Waals surface area contributed by atoms with Gasteiger partial charge in [-0.05, 0) is 133 Å². The van der Waals surface area contributed by atoms with Crippen molar-refractivity contribution in [1.82, 2.24) is 29.6 Å². The normalized spacial score (nSPS) is 14.7. The van der Waals surface area contributed by atoms with Crippen LogP contribution < -0.4 is 9.47 Å². The van der Waals surface area contributed by atoms with Crippen molar-refractivity contribution < 1.29 is 45.4 Å². The van der Waals surface area contributed by atoms with E-state index >= 15 is 0 Å². The van der Waals surface area contributed by atoms with Gasteiger partial charge in [0, 0.05) is 83.7 Å². The summed E-state index contributed by atoms with van der Waals surface area (Å²) in [5.74, 6) is 0.894. The van der Waals surface area contributed by atoms with Crippen molar-refractivity contribution in [3.63, 3.8) is 0 Å². The number of piperazine rings is 2. The number of ether oxygens (including phenoxy) is 2. The number of nitrogens with zero attached hydrogens (tertiary/aromatic N) is 6. The molecule has 4 heterocycles. The highest BCUT2D eigenvalue weighted by Gasteiger charge is 2.31. The summed E-state index contributed by atoms with van der Waals surface area (Å²) in [6, 6.07) is 32.4. The second kappa shape index (κ2) is 24.0. The van der Waals surface area contributed by atoms with E-state index in [1.807, 2.05) is 48.8 Å². The lowest BCUT2D eigenvalue weighted by atomic mass is 10.0. The van der Waals surface area contributed by atoms with Gasteiger partial charge in [-0.1, -0.05) is 60.7 Å². The zero-order chi connectivity index (χ0) is 48.6. The Morgan fingerprint density at radius 2 is 0.812 bits per heavy atom. The van der Waals surface area contributed by atoms with Crippen LogP contribution in [0.3, 0.4) is 0 Å². The van der Waals surface area contributed by atoms with Crippen molar-refractivity contribution >= 4 is 12.2 Å². The van der Waals surface area contributed by atoms with Gasteiger partial charge in [0.2, 0.25) is 0 Å². The van der Waals surface area contributed by atoms with Gasteiger partial charge in [0.1, 0.15) is 11.5 Å². The highest BCUT2D eigenvalue weighted by molar-refractivity contribution is 5.71. The molecule has 0 saturated carbocycles. The third-order valence-electron chi connectivity index (χ3n) is 12.0. The fourth-order valence-corrected chi connectivity index (χ4v) is 7.97. The first-order valence-corrected chi connectivity index (χ1v) is 22.9. The van der Waals surface area contributed by atoms with E-state index in [-0.39, 0.29) is 12.2 Å². The van der Waals surface area contributed by atoms with Crippen LogP contribution in [0.2, 0.25) is 0 Å². The number of pyridine rings is 2. The average Bonchev–Trinajstić information content (AvgIpc) is 3.35. The first-order chi connectivity index (χ1) is 33.2. The Balaban J connectivity index is 0.000000204. The minimum atomic E-state index is -4.34. The molecule has 0 N–H and O–H groups in total. The predicted molar refractivity (Wildman–Crippen MR) is 250 cm³/mol. The van der Waals surface area contributed by atoms with E-state index in [1.54, 1.807) is 46.5 Å². The summed E-state index contributed by atoms with van der Waals surface area (Å²) in [4.78, 5) is 41.5. The van der Waals surface area contributed by atoms with Crippen LogP contribution in [0.5, 0.6) is 11.5 Å². The highest BCUT2D eigenvalue weighted by Crippen LogP contribution is 2.31. The zero-order valence-electron chi connectivity index (χ0n) is 38.0. The van der Waals surface area contributed by atoms with Crippen LogP contribution in [0.15, 0.2) is 146 Å². The van der Waals surface area contributed by atoms with Gasteiger partial charge in [-0.25, -0.2) is 9.59 Å². The first-order valence-electron chi connectivity index (χ1n) is 22.9. The quantitative estimate of drug-likeness (QED) is 0.106. The number of amides is 2. The number of aryl methyl sites for hydroxylation is 1. The molecule has 8 rings (SSSR count). The lowest BCUT2D eigenvalue weighted by Gasteiger charge is -2.34. The first kappa shape index (κ1) is 50.1. The second-order valence-corrected chi connectivity index (χ2v) is 17.0. The number of alkyl halides is 6. The van der Waals surface area contributed by atoms with E-state index in [0.717, 1.165) is 105 Å². The maximum absolute atomic E-state index is 12.7. The van der Waals surface area contributed by atoms with Crippen molar-refractivity contribution in [3.05, 3.63) is 191 Å². The third kappa shape index (κ3) is 15.9. The van der Waals surface area contributed by atoms with Gasteiger partial charge < -0.3 is 19.3 Å². The van der Waals surface area contributed by atoms with Crippen molar-refractivity contribution in [2.24, 2.45) is 0 Å². The SMILES string of the molecule is O=C(Oc1ccc(Cc2ccc(C(F)(F)F)cc2)cc1)N1CCN(CCCc2cccnc2)CC1.O=C(Oc1ccc(Cc2ccc(C(F)(F)F)cc2)cc1)N1CCN(CCc2cccnc2)CC1. The Morgan fingerprint density at radius 1 is 0.449 bits per heavy atom. The van der Waals surface area contributed by atoms with E-state index in [9.17, 15) is 35.9 Å². The summed E-state index contributed by atoms with van der Waals surface area (Å²) in [6.45, 7) is 7.59. The van der Waals surface area contributed by atoms with Gasteiger partial charge in [0.25, 0.3) is 0 Å². The van der Waals surface area contributed by atoms with Crippen LogP contribution in [-0.4, -0.2) is 107 Å². The second-order valence-electron chi connectivity index (χ2n) is 17.0. The summed E-state index contributed by atoms with van der Waals surface area (Å²) < 4.78 is 87.3. The molecule has 0 radical (unpaired) electrons. The lowest BCUT2D eigenvalue weighted by Crippen LogP contribution is -2.49. The van der Waals surface area contributed by atoms with Crippen LogP contribution >= 0.6 is 0 Å². The van der Waals surface area contributed by atoms with E-state index in [0.29, 0.717) is 50.5 Å². The van der Waals surface area contributed by atoms with E-state index in [2.05, 4.69) is 31.9 Å². The van der Waals surface area contributed by atoms with Crippen molar-refractivity contribution in [2.45, 2.75) is 44.5 Å². The number of carbonyl (C=O) groups is 2. The van der Waals surface area contributed by atoms with Crippen LogP contribution in [0.4, 0.5) is 35.9 Å². The molecule has 16 heteroatoms. The van der Waals surface area contributed by atoms with Crippen LogP contribution in [0.1, 0.15) is 50.9 Å². The molecule has 0 atom stereocenters. The van der Waals surface area contributed by atoms with Crippen LogP contribution in [0, 0.1) is 0 Å². The Hall–Kier alpha value is -6.78.